The first-order chi connectivity index (χ1) is 22.5. The average Bonchev–Trinajstić information content (AvgIpc) is 2.99. The second kappa shape index (κ2) is 11.6. The number of carbonyl (C=O) groups is 3. The van der Waals surface area contributed by atoms with Crippen LogP contribution < -0.4 is 0 Å². The van der Waals surface area contributed by atoms with E-state index < -0.39 is 56.8 Å². The molecule has 3 aliphatic carbocycles. The molecule has 6 rings (SSSR count). The molecule has 3 aromatic carbocycles. The van der Waals surface area contributed by atoms with Gasteiger partial charge in [-0.15, -0.1) is 0 Å². The van der Waals surface area contributed by atoms with E-state index in [1.165, 1.54) is 22.8 Å². The minimum Gasteiger partial charge on any atom is -0.508 e. The molecule has 1 saturated carbocycles. The summed E-state index contributed by atoms with van der Waals surface area (Å²) < 4.78 is 0. The van der Waals surface area contributed by atoms with E-state index in [1.54, 1.807) is 26.8 Å². The van der Waals surface area contributed by atoms with Crippen molar-refractivity contribution in [3.05, 3.63) is 105 Å². The number of aryl methyl sites for hydroxylation is 3. The fourth-order valence-corrected chi connectivity index (χ4v) is 9.20. The van der Waals surface area contributed by atoms with Crippen LogP contribution in [-0.2, 0) is 33.6 Å². The van der Waals surface area contributed by atoms with Gasteiger partial charge in [0, 0.05) is 22.3 Å². The van der Waals surface area contributed by atoms with Gasteiger partial charge in [0.2, 0.25) is 5.78 Å². The van der Waals surface area contributed by atoms with Crippen LogP contribution in [0.25, 0.3) is 16.9 Å². The third kappa shape index (κ3) is 4.85. The summed E-state index contributed by atoms with van der Waals surface area (Å²) in [4.78, 5) is 40.9. The predicted octanol–water partition coefficient (Wildman–Crippen LogP) is 7.34. The van der Waals surface area contributed by atoms with Crippen LogP contribution in [0.2, 0.25) is 0 Å². The molecule has 250 valence electrons. The normalized spacial score (nSPS) is 26.8. The molecule has 0 heterocycles. The largest absolute Gasteiger partial charge is 0.508 e. The molecule has 4 N–H and O–H groups in total. The SMILES string of the molecule is CC(=O)C1=C(O)[C@]2(O)C(=O)C3=C(O)c4c(O)ccc(-c5ccc(CCCc6cccc(C)c6)cc5)c4C[C@]3(C)C[C@]2(C)C(C(C)C)C1=O. The van der Waals surface area contributed by atoms with Gasteiger partial charge in [0.05, 0.1) is 5.56 Å². The summed E-state index contributed by atoms with van der Waals surface area (Å²) in [5.41, 5.74) is 0.301. The van der Waals surface area contributed by atoms with Crippen LogP contribution in [0.3, 0.4) is 0 Å². The van der Waals surface area contributed by atoms with Gasteiger partial charge in [0.15, 0.2) is 17.2 Å². The van der Waals surface area contributed by atoms with Crippen molar-refractivity contribution >= 4 is 23.1 Å². The molecule has 0 bridgehead atoms. The number of Topliss-reactive ketones (excluding diaryl/α,β-unsaturated/α-hetero) is 3. The number of rotatable bonds is 7. The van der Waals surface area contributed by atoms with Gasteiger partial charge in [-0.05, 0) is 85.8 Å². The van der Waals surface area contributed by atoms with Gasteiger partial charge in [-0.2, -0.15) is 0 Å². The van der Waals surface area contributed by atoms with Gasteiger partial charge in [0.25, 0.3) is 0 Å². The molecule has 0 radical (unpaired) electrons. The summed E-state index contributed by atoms with van der Waals surface area (Å²) in [5.74, 6) is -5.28. The second-order valence-electron chi connectivity index (χ2n) is 15.0. The Hall–Kier alpha value is -4.49. The highest BCUT2D eigenvalue weighted by Crippen LogP contribution is 2.65. The molecular formula is C41H44O7. The maximum absolute atomic E-state index is 14.5. The first kappa shape index (κ1) is 33.4. The highest BCUT2D eigenvalue weighted by atomic mass is 16.3. The zero-order valence-electron chi connectivity index (χ0n) is 28.5. The van der Waals surface area contributed by atoms with E-state index in [2.05, 4.69) is 43.3 Å². The van der Waals surface area contributed by atoms with Crippen LogP contribution in [0.5, 0.6) is 5.75 Å². The molecule has 1 unspecified atom stereocenters. The number of hydrogen-bond acceptors (Lipinski definition) is 7. The number of aliphatic hydroxyl groups is 3. The maximum atomic E-state index is 14.5. The number of hydrogen-bond donors (Lipinski definition) is 4. The molecule has 0 aromatic heterocycles. The number of aromatic hydroxyl groups is 1. The van der Waals surface area contributed by atoms with Crippen molar-refractivity contribution in [2.24, 2.45) is 22.7 Å². The molecule has 48 heavy (non-hydrogen) atoms. The third-order valence-electron chi connectivity index (χ3n) is 11.2. The highest BCUT2D eigenvalue weighted by Gasteiger charge is 2.72. The monoisotopic (exact) mass is 648 g/mol. The summed E-state index contributed by atoms with van der Waals surface area (Å²) >= 11 is 0. The van der Waals surface area contributed by atoms with E-state index in [0.29, 0.717) is 5.56 Å². The first-order valence-electron chi connectivity index (χ1n) is 16.7. The Balaban J connectivity index is 1.41. The van der Waals surface area contributed by atoms with Gasteiger partial charge in [0.1, 0.15) is 22.8 Å². The molecule has 0 saturated heterocycles. The fraction of sp³-hybridized carbons (Fsp3) is 0.390. The summed E-state index contributed by atoms with van der Waals surface area (Å²) in [6.45, 7) is 10.2. The Kier molecular flexibility index (Phi) is 8.07. The summed E-state index contributed by atoms with van der Waals surface area (Å²) in [6, 6.07) is 20.1. The first-order valence-corrected chi connectivity index (χ1v) is 16.7. The van der Waals surface area contributed by atoms with E-state index in [-0.39, 0.29) is 35.6 Å². The van der Waals surface area contributed by atoms with Crippen LogP contribution in [0.4, 0.5) is 0 Å². The standard InChI is InChI=1S/C41H44O7/c1-22(2)33-35(44)31(24(4)42)37(46)41(48)38(47)34-36(45)32-29(20-39(34,5)21-40(33,41)6)28(17-18-30(32)43)27-15-13-25(14-16-27)10-8-12-26-11-7-9-23(3)19-26/h7,9,11,13-19,22,33,43,45-46,48H,8,10,12,20-21H2,1-6H3/t33?,39-,40-,41+/m1/s1. The average molecular weight is 649 g/mol. The third-order valence-corrected chi connectivity index (χ3v) is 11.2. The Morgan fingerprint density at radius 3 is 2.23 bits per heavy atom. The number of aliphatic hydroxyl groups excluding tert-OH is 2. The van der Waals surface area contributed by atoms with Crippen LogP contribution in [0, 0.1) is 29.6 Å². The van der Waals surface area contributed by atoms with Gasteiger partial charge >= 0.3 is 0 Å². The van der Waals surface area contributed by atoms with Crippen LogP contribution in [-0.4, -0.2) is 43.4 Å². The Bertz CT molecular complexity index is 1930. The van der Waals surface area contributed by atoms with Crippen molar-refractivity contribution in [2.45, 2.75) is 79.2 Å². The number of carbonyl (C=O) groups excluding carboxylic acids is 3. The zero-order chi connectivity index (χ0) is 34.9. The second-order valence-corrected chi connectivity index (χ2v) is 15.0. The quantitative estimate of drug-likeness (QED) is 0.197. The van der Waals surface area contributed by atoms with E-state index in [0.717, 1.165) is 37.3 Å². The number of allylic oxidation sites excluding steroid dienone is 1. The van der Waals surface area contributed by atoms with Gasteiger partial charge in [-0.25, -0.2) is 0 Å². The molecule has 4 atom stereocenters. The molecule has 7 heteroatoms. The molecular weight excluding hydrogens is 604 g/mol. The molecule has 3 aromatic rings. The molecule has 7 nitrogen and oxygen atoms in total. The maximum Gasteiger partial charge on any atom is 0.203 e. The zero-order valence-corrected chi connectivity index (χ0v) is 28.5. The summed E-state index contributed by atoms with van der Waals surface area (Å²) in [6.07, 6.45) is 3.19. The number of phenolic OH excluding ortho intramolecular Hbond substituents is 1. The van der Waals surface area contributed by atoms with Gasteiger partial charge in [-0.1, -0.05) is 87.9 Å². The van der Waals surface area contributed by atoms with Crippen molar-refractivity contribution in [2.75, 3.05) is 0 Å². The molecule has 3 aliphatic rings. The van der Waals surface area contributed by atoms with Gasteiger partial charge < -0.3 is 20.4 Å². The topological polar surface area (TPSA) is 132 Å². The summed E-state index contributed by atoms with van der Waals surface area (Å²) in [5, 5.41) is 46.5. The highest BCUT2D eigenvalue weighted by molar-refractivity contribution is 6.24. The lowest BCUT2D eigenvalue weighted by Gasteiger charge is -2.59. The summed E-state index contributed by atoms with van der Waals surface area (Å²) in [7, 11) is 0. The lowest BCUT2D eigenvalue weighted by atomic mass is 9.43. The lowest BCUT2D eigenvalue weighted by molar-refractivity contribution is -0.178. The number of fused-ring (bicyclic) bond motifs is 3. The van der Waals surface area contributed by atoms with Crippen molar-refractivity contribution < 1.29 is 34.8 Å². The minimum atomic E-state index is -2.63. The number of ketones is 3. The Labute approximate surface area is 281 Å². The van der Waals surface area contributed by atoms with Gasteiger partial charge in [-0.3, -0.25) is 14.4 Å². The lowest BCUT2D eigenvalue weighted by Crippen LogP contribution is -2.69. The fourth-order valence-electron chi connectivity index (χ4n) is 9.20. The predicted molar refractivity (Wildman–Crippen MR) is 184 cm³/mol. The molecule has 1 fully saturated rings. The van der Waals surface area contributed by atoms with E-state index in [1.807, 2.05) is 19.1 Å². The van der Waals surface area contributed by atoms with Crippen molar-refractivity contribution in [1.29, 1.82) is 0 Å². The Morgan fingerprint density at radius 2 is 1.60 bits per heavy atom. The van der Waals surface area contributed by atoms with Crippen LogP contribution in [0.15, 0.2) is 77.6 Å². The van der Waals surface area contributed by atoms with E-state index in [4.69, 9.17) is 0 Å². The molecule has 0 amide bonds. The van der Waals surface area contributed by atoms with Crippen molar-refractivity contribution in [3.63, 3.8) is 0 Å². The molecule has 0 spiro atoms. The Morgan fingerprint density at radius 1 is 0.938 bits per heavy atom. The van der Waals surface area contributed by atoms with E-state index in [9.17, 15) is 34.8 Å². The smallest absolute Gasteiger partial charge is 0.203 e. The number of benzene rings is 3. The molecule has 0 aliphatic heterocycles. The van der Waals surface area contributed by atoms with Crippen molar-refractivity contribution in [1.82, 2.24) is 0 Å². The van der Waals surface area contributed by atoms with E-state index >= 15 is 0 Å². The van der Waals surface area contributed by atoms with Crippen molar-refractivity contribution in [3.8, 4) is 16.9 Å². The van der Waals surface area contributed by atoms with Crippen LogP contribution >= 0.6 is 0 Å². The number of phenols is 1. The minimum absolute atomic E-state index is 0.0554. The van der Waals surface area contributed by atoms with Crippen LogP contribution in [0.1, 0.15) is 75.3 Å².